The Kier molecular flexibility index (Phi) is 17.3. The summed E-state index contributed by atoms with van der Waals surface area (Å²) in [7, 11) is 0. The van der Waals surface area contributed by atoms with Crippen LogP contribution in [-0.2, 0) is 0 Å². The van der Waals surface area contributed by atoms with Gasteiger partial charge in [-0.1, -0.05) is 118 Å². The molecular formula is C24H51N. The van der Waals surface area contributed by atoms with E-state index in [2.05, 4.69) is 27.7 Å². The minimum atomic E-state index is 0.113. The molecule has 152 valence electrons. The highest BCUT2D eigenvalue weighted by atomic mass is 14.8. The smallest absolute Gasteiger partial charge is 0.0182 e. The average molecular weight is 354 g/mol. The third-order valence-electron chi connectivity index (χ3n) is 6.10. The monoisotopic (exact) mass is 353 g/mol. The summed E-state index contributed by atoms with van der Waals surface area (Å²) >= 11 is 0. The molecule has 0 spiro atoms. The molecule has 0 heterocycles. The van der Waals surface area contributed by atoms with Crippen molar-refractivity contribution in [3.05, 3.63) is 0 Å². The molecule has 2 N–H and O–H groups in total. The van der Waals surface area contributed by atoms with E-state index in [9.17, 15) is 0 Å². The van der Waals surface area contributed by atoms with Gasteiger partial charge in [0, 0.05) is 5.54 Å². The van der Waals surface area contributed by atoms with Gasteiger partial charge in [0.05, 0.1) is 0 Å². The number of hydrogen-bond acceptors (Lipinski definition) is 1. The molecule has 0 saturated carbocycles. The topological polar surface area (TPSA) is 26.0 Å². The van der Waals surface area contributed by atoms with Crippen LogP contribution < -0.4 is 5.73 Å². The number of nitrogens with two attached hydrogens (primary N) is 1. The van der Waals surface area contributed by atoms with Crippen LogP contribution in [0, 0.1) is 5.92 Å². The molecule has 0 amide bonds. The van der Waals surface area contributed by atoms with Gasteiger partial charge in [0.2, 0.25) is 0 Å². The largest absolute Gasteiger partial charge is 0.325 e. The summed E-state index contributed by atoms with van der Waals surface area (Å²) in [5.74, 6) is 0.750. The Morgan fingerprint density at radius 2 is 0.960 bits per heavy atom. The van der Waals surface area contributed by atoms with Crippen LogP contribution in [0.2, 0.25) is 0 Å². The summed E-state index contributed by atoms with van der Waals surface area (Å²) in [6, 6.07) is 0. The van der Waals surface area contributed by atoms with Gasteiger partial charge in [-0.3, -0.25) is 0 Å². The standard InChI is InChI=1S/C24H51N/c1-5-9-12-13-14-15-16-17-18-20-23(19-8-4)24(25,21-10-6-2)22-11-7-3/h23H,5-22,25H2,1-4H3. The van der Waals surface area contributed by atoms with Crippen molar-refractivity contribution in [2.45, 2.75) is 149 Å². The molecule has 0 aliphatic carbocycles. The molecule has 0 saturated heterocycles. The van der Waals surface area contributed by atoms with E-state index in [0.29, 0.717) is 0 Å². The molecule has 1 nitrogen and oxygen atoms in total. The highest BCUT2D eigenvalue weighted by Gasteiger charge is 2.32. The summed E-state index contributed by atoms with van der Waals surface area (Å²) in [6.45, 7) is 9.24. The number of hydrogen-bond donors (Lipinski definition) is 1. The second-order valence-electron chi connectivity index (χ2n) is 8.54. The van der Waals surface area contributed by atoms with E-state index >= 15 is 0 Å². The van der Waals surface area contributed by atoms with Crippen LogP contribution in [0.3, 0.4) is 0 Å². The van der Waals surface area contributed by atoms with E-state index in [1.807, 2.05) is 0 Å². The van der Waals surface area contributed by atoms with E-state index in [-0.39, 0.29) is 5.54 Å². The molecule has 0 bridgehead atoms. The van der Waals surface area contributed by atoms with Crippen molar-refractivity contribution in [3.63, 3.8) is 0 Å². The lowest BCUT2D eigenvalue weighted by atomic mass is 9.72. The number of rotatable bonds is 19. The molecule has 0 fully saturated rings. The van der Waals surface area contributed by atoms with Crippen LogP contribution in [0.25, 0.3) is 0 Å². The molecule has 1 heteroatoms. The first-order valence-corrected chi connectivity index (χ1v) is 11.9. The Morgan fingerprint density at radius 1 is 0.520 bits per heavy atom. The van der Waals surface area contributed by atoms with Crippen molar-refractivity contribution < 1.29 is 0 Å². The molecule has 1 atom stereocenters. The van der Waals surface area contributed by atoms with Crippen molar-refractivity contribution >= 4 is 0 Å². The van der Waals surface area contributed by atoms with Crippen LogP contribution in [0.5, 0.6) is 0 Å². The molecular weight excluding hydrogens is 302 g/mol. The number of unbranched alkanes of at least 4 members (excludes halogenated alkanes) is 10. The maximum absolute atomic E-state index is 7.01. The van der Waals surface area contributed by atoms with Crippen LogP contribution in [0.1, 0.15) is 143 Å². The van der Waals surface area contributed by atoms with E-state index in [0.717, 1.165) is 5.92 Å². The lowest BCUT2D eigenvalue weighted by Crippen LogP contribution is -2.47. The van der Waals surface area contributed by atoms with E-state index in [1.54, 1.807) is 0 Å². The quantitative estimate of drug-likeness (QED) is 0.232. The van der Waals surface area contributed by atoms with Gasteiger partial charge < -0.3 is 5.73 Å². The summed E-state index contributed by atoms with van der Waals surface area (Å²) in [4.78, 5) is 0. The van der Waals surface area contributed by atoms with Crippen LogP contribution in [-0.4, -0.2) is 5.54 Å². The van der Waals surface area contributed by atoms with E-state index in [4.69, 9.17) is 5.73 Å². The molecule has 0 radical (unpaired) electrons. The van der Waals surface area contributed by atoms with Gasteiger partial charge in [0.1, 0.15) is 0 Å². The Hall–Kier alpha value is -0.0400. The molecule has 0 aromatic heterocycles. The van der Waals surface area contributed by atoms with Crippen LogP contribution in [0.15, 0.2) is 0 Å². The van der Waals surface area contributed by atoms with E-state index in [1.165, 1.54) is 116 Å². The fourth-order valence-electron chi connectivity index (χ4n) is 4.31. The first kappa shape index (κ1) is 25.0. The van der Waals surface area contributed by atoms with E-state index < -0.39 is 0 Å². The minimum Gasteiger partial charge on any atom is -0.325 e. The van der Waals surface area contributed by atoms with Gasteiger partial charge in [-0.05, 0) is 31.6 Å². The molecule has 0 aliphatic rings. The molecule has 0 rings (SSSR count). The fourth-order valence-corrected chi connectivity index (χ4v) is 4.31. The fraction of sp³-hybridized carbons (Fsp3) is 1.00. The lowest BCUT2D eigenvalue weighted by molar-refractivity contribution is 0.195. The highest BCUT2D eigenvalue weighted by Crippen LogP contribution is 2.34. The Bertz CT molecular complexity index is 253. The SMILES string of the molecule is CCCCCCCCCCCC(CCC)C(N)(CCCC)CCCC. The van der Waals surface area contributed by atoms with Crippen molar-refractivity contribution in [2.75, 3.05) is 0 Å². The molecule has 0 aromatic carbocycles. The first-order valence-electron chi connectivity index (χ1n) is 11.9. The molecule has 0 aromatic rings. The minimum absolute atomic E-state index is 0.113. The van der Waals surface area contributed by atoms with Crippen molar-refractivity contribution in [2.24, 2.45) is 11.7 Å². The molecule has 25 heavy (non-hydrogen) atoms. The first-order chi connectivity index (χ1) is 12.1. The van der Waals surface area contributed by atoms with Crippen molar-refractivity contribution in [3.8, 4) is 0 Å². The van der Waals surface area contributed by atoms with Gasteiger partial charge in [-0.2, -0.15) is 0 Å². The van der Waals surface area contributed by atoms with Gasteiger partial charge in [-0.25, -0.2) is 0 Å². The third kappa shape index (κ3) is 12.9. The Balaban J connectivity index is 4.17. The normalized spacial score (nSPS) is 13.3. The Labute approximate surface area is 160 Å². The maximum atomic E-state index is 7.01. The zero-order valence-electron chi connectivity index (χ0n) is 18.4. The second-order valence-corrected chi connectivity index (χ2v) is 8.54. The lowest BCUT2D eigenvalue weighted by Gasteiger charge is -2.38. The average Bonchev–Trinajstić information content (AvgIpc) is 2.62. The predicted octanol–water partition coefficient (Wildman–Crippen LogP) is 8.40. The molecule has 0 aliphatic heterocycles. The summed E-state index contributed by atoms with van der Waals surface area (Å²) in [6.07, 6.45) is 24.5. The van der Waals surface area contributed by atoms with Gasteiger partial charge in [0.25, 0.3) is 0 Å². The Morgan fingerprint density at radius 3 is 1.40 bits per heavy atom. The second kappa shape index (κ2) is 17.4. The molecule has 1 unspecified atom stereocenters. The van der Waals surface area contributed by atoms with Gasteiger partial charge in [0.15, 0.2) is 0 Å². The zero-order chi connectivity index (χ0) is 18.8. The van der Waals surface area contributed by atoms with Crippen molar-refractivity contribution in [1.82, 2.24) is 0 Å². The predicted molar refractivity (Wildman–Crippen MR) is 116 cm³/mol. The summed E-state index contributed by atoms with van der Waals surface area (Å²) in [5, 5.41) is 0. The summed E-state index contributed by atoms with van der Waals surface area (Å²) in [5.41, 5.74) is 7.12. The van der Waals surface area contributed by atoms with Crippen molar-refractivity contribution in [1.29, 1.82) is 0 Å². The summed E-state index contributed by atoms with van der Waals surface area (Å²) < 4.78 is 0. The maximum Gasteiger partial charge on any atom is 0.0182 e. The van der Waals surface area contributed by atoms with Crippen LogP contribution in [0.4, 0.5) is 0 Å². The zero-order valence-corrected chi connectivity index (χ0v) is 18.4. The van der Waals surface area contributed by atoms with Gasteiger partial charge in [-0.15, -0.1) is 0 Å². The third-order valence-corrected chi connectivity index (χ3v) is 6.10. The van der Waals surface area contributed by atoms with Gasteiger partial charge >= 0.3 is 0 Å². The van der Waals surface area contributed by atoms with Crippen LogP contribution >= 0.6 is 0 Å². The highest BCUT2D eigenvalue weighted by molar-refractivity contribution is 4.91.